The predicted octanol–water partition coefficient (Wildman–Crippen LogP) is 3.15. The fraction of sp³-hybridized carbons (Fsp3) is 1.00. The molecule has 0 aliphatic rings. The molecule has 0 saturated carbocycles. The molecule has 0 aliphatic heterocycles. The van der Waals surface area contributed by atoms with Crippen molar-refractivity contribution in [3.63, 3.8) is 0 Å². The van der Waals surface area contributed by atoms with Gasteiger partial charge in [0.15, 0.2) is 0 Å². The van der Waals surface area contributed by atoms with E-state index >= 15 is 0 Å². The van der Waals surface area contributed by atoms with Gasteiger partial charge in [-0.05, 0) is 6.42 Å². The second-order valence-corrected chi connectivity index (χ2v) is 33.9. The first-order valence-corrected chi connectivity index (χ1v) is 23.9. The van der Waals surface area contributed by atoms with Crippen molar-refractivity contribution in [2.24, 2.45) is 0 Å². The van der Waals surface area contributed by atoms with E-state index in [0.717, 1.165) is 12.8 Å². The van der Waals surface area contributed by atoms with E-state index in [2.05, 4.69) is 0 Å². The zero-order chi connectivity index (χ0) is 29.9. The molecule has 0 aromatic heterocycles. The lowest BCUT2D eigenvalue weighted by molar-refractivity contribution is 0.538. The Morgan fingerprint density at radius 1 is 0.405 bits per heavy atom. The van der Waals surface area contributed by atoms with E-state index in [0.29, 0.717) is 12.8 Å². The first-order chi connectivity index (χ1) is 16.2. The molecule has 27 heteroatoms. The molecule has 0 heterocycles. The molecule has 0 fully saturated rings. The van der Waals surface area contributed by atoms with Crippen LogP contribution in [0, 0.1) is 0 Å². The van der Waals surface area contributed by atoms with Gasteiger partial charge in [-0.1, -0.05) is 75.2 Å². The summed E-state index contributed by atoms with van der Waals surface area (Å²) in [7, 11) is -65.4. The Hall–Kier alpha value is -0.0600. The van der Waals surface area contributed by atoms with Crippen LogP contribution in [0.2, 0.25) is 0 Å². The van der Waals surface area contributed by atoms with Crippen LogP contribution in [0.3, 0.4) is 0 Å². The largest absolute Gasteiger partial charge is 0.383 e. The maximum atomic E-state index is 14.2. The van der Waals surface area contributed by atoms with E-state index in [-0.39, 0.29) is 12.8 Å². The van der Waals surface area contributed by atoms with Crippen LogP contribution in [0.25, 0.3) is 0 Å². The van der Waals surface area contributed by atoms with Crippen molar-refractivity contribution in [1.82, 2.24) is 3.71 Å². The summed E-state index contributed by atoms with van der Waals surface area (Å²) in [5.41, 5.74) is 0. The maximum absolute atomic E-state index is 14.2. The zero-order valence-corrected chi connectivity index (χ0v) is 24.8. The number of rotatable bonds is 17. The molecule has 0 N–H and O–H groups in total. The summed E-state index contributed by atoms with van der Waals surface area (Å²) in [6, 6.07) is 0. The molecule has 0 aromatic rings. The number of hydrogen-bond donors (Lipinski definition) is 0. The van der Waals surface area contributed by atoms with Gasteiger partial charge in [-0.3, -0.25) is 0 Å². The molecule has 0 saturated heterocycles. The molecule has 228 valence electrons. The number of halogens is 6. The fourth-order valence-electron chi connectivity index (χ4n) is 2.89. The molecular weight excluding hydrogens is 697 g/mol. The molecule has 0 unspecified atom stereocenters. The van der Waals surface area contributed by atoms with Crippen LogP contribution in [-0.4, -0.2) is 60.8 Å². The van der Waals surface area contributed by atoms with Crippen LogP contribution < -0.4 is 0 Å². The highest BCUT2D eigenvalue weighted by Crippen LogP contribution is 2.83. The Bertz CT molecular complexity index is 1210. The standard InChI is InChI=1S/C10H21F6NO12S8/c1-2-3-4-5-6-7-8-9-10-17(36(30(11,18)19,31(12,20)21)32(13,22)23)37(33(14,24)25,34(15,26)27)35(16,28)29/h2-10H2,1H3. The van der Waals surface area contributed by atoms with Gasteiger partial charge in [0.2, 0.25) is 14.6 Å². The smallest absolute Gasteiger partial charge is 0.181 e. The molecular formula is C10H21F6NO12S8. The van der Waals surface area contributed by atoms with Gasteiger partial charge in [-0.15, -0.1) is 3.71 Å². The quantitative estimate of drug-likeness (QED) is 0.0918. The molecule has 13 nitrogen and oxygen atoms in total. The van der Waals surface area contributed by atoms with Gasteiger partial charge in [-0.2, -0.15) is 50.5 Å². The second-order valence-electron chi connectivity index (χ2n) is 6.75. The van der Waals surface area contributed by atoms with Crippen LogP contribution in [0.4, 0.5) is 23.3 Å². The van der Waals surface area contributed by atoms with Crippen LogP contribution in [0.5, 0.6) is 0 Å². The van der Waals surface area contributed by atoms with E-state index in [1.807, 2.05) is 6.92 Å². The molecule has 0 spiro atoms. The van der Waals surface area contributed by atoms with Gasteiger partial charge in [0.1, 0.15) is 0 Å². The van der Waals surface area contributed by atoms with Gasteiger partial charge in [0.05, 0.1) is 0 Å². The van der Waals surface area contributed by atoms with Crippen LogP contribution in [-0.2, 0) is 55.5 Å². The SMILES string of the molecule is CCCCCCCCCCN(S(S(=O)(=O)F)(S(=O)(=O)F)S(=O)(=O)F)S(S(=O)(=O)F)(S(=O)(=O)F)S(=O)(=O)F. The van der Waals surface area contributed by atoms with Crippen LogP contribution in [0.1, 0.15) is 58.3 Å². The molecule has 0 radical (unpaired) electrons. The Balaban J connectivity index is 7.72. The highest BCUT2D eigenvalue weighted by atomic mass is 33.9. The Kier molecular flexibility index (Phi) is 12.2. The first kappa shape index (κ1) is 36.9. The van der Waals surface area contributed by atoms with Gasteiger partial charge >= 0.3 is 55.5 Å². The normalized spacial score (nSPS) is 16.1. The maximum Gasteiger partial charge on any atom is 0.383 e. The second kappa shape index (κ2) is 12.2. The van der Waals surface area contributed by atoms with E-state index < -0.39 is 93.2 Å². The van der Waals surface area contributed by atoms with E-state index in [1.54, 1.807) is 0 Å². The van der Waals surface area contributed by atoms with Gasteiger partial charge < -0.3 is 0 Å². The minimum absolute atomic E-state index is 0.0670. The molecule has 0 aliphatic carbocycles. The predicted molar refractivity (Wildman–Crippen MR) is 125 cm³/mol. The minimum Gasteiger partial charge on any atom is -0.181 e. The molecule has 37 heavy (non-hydrogen) atoms. The Morgan fingerprint density at radius 2 is 0.622 bits per heavy atom. The van der Waals surface area contributed by atoms with Crippen molar-refractivity contribution in [3.8, 4) is 0 Å². The summed E-state index contributed by atoms with van der Waals surface area (Å²) in [5.74, 6) is 0. The van der Waals surface area contributed by atoms with Crippen LogP contribution >= 0.6 is 14.6 Å². The van der Waals surface area contributed by atoms with Crippen molar-refractivity contribution in [3.05, 3.63) is 0 Å². The van der Waals surface area contributed by atoms with Crippen molar-refractivity contribution in [2.75, 3.05) is 6.54 Å². The van der Waals surface area contributed by atoms with Crippen molar-refractivity contribution in [2.45, 2.75) is 58.3 Å². The summed E-state index contributed by atoms with van der Waals surface area (Å²) in [4.78, 5) is 0. The van der Waals surface area contributed by atoms with Crippen molar-refractivity contribution < 1.29 is 73.8 Å². The molecule has 0 bridgehead atoms. The third kappa shape index (κ3) is 7.18. The summed E-state index contributed by atoms with van der Waals surface area (Å²) >= 11 is 0. The molecule has 0 atom stereocenters. The highest BCUT2D eigenvalue weighted by molar-refractivity contribution is 9.47. The van der Waals surface area contributed by atoms with Gasteiger partial charge in [0.25, 0.3) is 0 Å². The van der Waals surface area contributed by atoms with Gasteiger partial charge in [0, 0.05) is 6.54 Å². The van der Waals surface area contributed by atoms with Crippen LogP contribution in [0.15, 0.2) is 0 Å². The van der Waals surface area contributed by atoms with Gasteiger partial charge in [-0.25, -0.2) is 0 Å². The third-order valence-electron chi connectivity index (χ3n) is 4.20. The molecule has 0 aromatic carbocycles. The fourth-order valence-corrected chi connectivity index (χ4v) is 37.7. The van der Waals surface area contributed by atoms with E-state index in [4.69, 9.17) is 0 Å². The lowest BCUT2D eigenvalue weighted by Crippen LogP contribution is -2.45. The summed E-state index contributed by atoms with van der Waals surface area (Å²) < 4.78 is 222. The third-order valence-corrected chi connectivity index (χ3v) is 41.5. The average molecular weight is 718 g/mol. The summed E-state index contributed by atoms with van der Waals surface area (Å²) in [6.07, 6.45) is 1.04. The summed E-state index contributed by atoms with van der Waals surface area (Å²) in [5, 5.41) is 0. The summed E-state index contributed by atoms with van der Waals surface area (Å²) in [6.45, 7) is -0.643. The van der Waals surface area contributed by atoms with E-state index in [1.165, 1.54) is 0 Å². The number of nitrogens with zero attached hydrogens (tertiary/aromatic N) is 1. The first-order valence-electron chi connectivity index (χ1n) is 9.31. The van der Waals surface area contributed by atoms with E-state index in [9.17, 15) is 73.8 Å². The lowest BCUT2D eigenvalue weighted by atomic mass is 10.1. The molecule has 0 rings (SSSR count). The zero-order valence-electron chi connectivity index (χ0n) is 18.2. The topological polar surface area (TPSA) is 208 Å². The average Bonchev–Trinajstić information content (AvgIpc) is 2.56. The number of hydrogen-bond acceptors (Lipinski definition) is 13. The minimum atomic E-state index is -8.27. The number of unbranched alkanes of at least 4 members (excludes halogenated alkanes) is 7. The highest BCUT2D eigenvalue weighted by Gasteiger charge is 2.79. The molecule has 0 amide bonds. The Labute approximate surface area is 211 Å². The lowest BCUT2D eigenvalue weighted by Gasteiger charge is -2.44. The Morgan fingerprint density at radius 3 is 0.838 bits per heavy atom. The van der Waals surface area contributed by atoms with Crippen molar-refractivity contribution in [1.29, 1.82) is 0 Å². The van der Waals surface area contributed by atoms with Crippen molar-refractivity contribution >= 4 is 70.2 Å². The monoisotopic (exact) mass is 717 g/mol.